The van der Waals surface area contributed by atoms with E-state index in [4.69, 9.17) is 5.11 Å². The van der Waals surface area contributed by atoms with Gasteiger partial charge in [-0.2, -0.15) is 0 Å². The van der Waals surface area contributed by atoms with Gasteiger partial charge in [-0.15, -0.1) is 0 Å². The molecule has 0 aromatic heterocycles. The Bertz CT molecular complexity index is 460. The molecule has 2 aromatic carbocycles. The molecule has 0 aliphatic rings. The summed E-state index contributed by atoms with van der Waals surface area (Å²) in [6.07, 6.45) is 0. The van der Waals surface area contributed by atoms with Gasteiger partial charge in [0, 0.05) is 17.1 Å². The Kier molecular flexibility index (Phi) is 3.28. The van der Waals surface area contributed by atoms with Crippen molar-refractivity contribution in [1.82, 2.24) is 0 Å². The summed E-state index contributed by atoms with van der Waals surface area (Å²) in [6, 6.07) is 12.7. The van der Waals surface area contributed by atoms with Gasteiger partial charge in [0.1, 0.15) is 0 Å². The first kappa shape index (κ1) is 10.8. The second kappa shape index (κ2) is 4.27. The third-order valence-electron chi connectivity index (χ3n) is 2.02. The molecule has 0 aliphatic heterocycles. The molecule has 0 spiro atoms. The molecule has 0 heterocycles. The number of carboxylic acid groups (broad SMARTS) is 1. The van der Waals surface area contributed by atoms with Crippen molar-refractivity contribution in [1.29, 1.82) is 0 Å². The fraction of sp³-hybridized carbons (Fsp3) is 0. The Morgan fingerprint density at radius 1 is 1.00 bits per heavy atom. The van der Waals surface area contributed by atoms with E-state index in [1.807, 2.05) is 30.3 Å². The fourth-order valence-electron chi connectivity index (χ4n) is 1.41. The minimum Gasteiger partial charge on any atom is -0.478 e. The zero-order valence-electron chi connectivity index (χ0n) is 7.25. The van der Waals surface area contributed by atoms with Crippen LogP contribution in [-0.2, 0) is 17.1 Å². The van der Waals surface area contributed by atoms with Gasteiger partial charge >= 0.3 is 5.97 Å². The van der Waals surface area contributed by atoms with Crippen LogP contribution in [0.1, 0.15) is 10.4 Å². The maximum atomic E-state index is 10.8. The van der Waals surface area contributed by atoms with Crippen LogP contribution in [0.2, 0.25) is 0 Å². The average molecular weight is 228 g/mol. The summed E-state index contributed by atoms with van der Waals surface area (Å²) in [5, 5.41) is 10.6. The van der Waals surface area contributed by atoms with Gasteiger partial charge < -0.3 is 5.11 Å². The van der Waals surface area contributed by atoms with E-state index in [0.717, 1.165) is 10.8 Å². The number of rotatable bonds is 1. The zero-order chi connectivity index (χ0) is 9.26. The average Bonchev–Trinajstić information content (AvgIpc) is 2.17. The van der Waals surface area contributed by atoms with Crippen molar-refractivity contribution < 1.29 is 27.0 Å². The minimum atomic E-state index is -0.878. The van der Waals surface area contributed by atoms with Crippen molar-refractivity contribution in [3.05, 3.63) is 48.0 Å². The minimum absolute atomic E-state index is 0. The first-order valence-electron chi connectivity index (χ1n) is 4.00. The summed E-state index contributed by atoms with van der Waals surface area (Å²) < 4.78 is 0. The second-order valence-corrected chi connectivity index (χ2v) is 2.83. The molecule has 1 N–H and O–H groups in total. The predicted molar refractivity (Wildman–Crippen MR) is 50.9 cm³/mol. The molecule has 2 aromatic rings. The normalized spacial score (nSPS) is 9.43. The molecular formula is C11H8FeO2. The Balaban J connectivity index is 0.000000980. The predicted octanol–water partition coefficient (Wildman–Crippen LogP) is 2.54. The van der Waals surface area contributed by atoms with Crippen molar-refractivity contribution in [2.75, 3.05) is 0 Å². The number of carboxylic acids is 1. The first-order valence-corrected chi connectivity index (χ1v) is 4.00. The third-order valence-corrected chi connectivity index (χ3v) is 2.02. The van der Waals surface area contributed by atoms with Gasteiger partial charge in [-0.25, -0.2) is 4.79 Å². The van der Waals surface area contributed by atoms with Crippen LogP contribution in [-0.4, -0.2) is 11.1 Å². The van der Waals surface area contributed by atoms with Crippen LogP contribution in [0.15, 0.2) is 42.5 Å². The van der Waals surface area contributed by atoms with Gasteiger partial charge in [-0.05, 0) is 16.8 Å². The molecule has 0 saturated carbocycles. The van der Waals surface area contributed by atoms with Crippen LogP contribution in [0.25, 0.3) is 10.8 Å². The molecule has 0 fully saturated rings. The standard InChI is InChI=1S/C11H8O2.Fe/c12-11(13)10-7-3-5-8-4-1-2-6-9(8)10;/h1-7H,(H,12,13);. The van der Waals surface area contributed by atoms with Crippen LogP contribution in [0, 0.1) is 0 Å². The summed E-state index contributed by atoms with van der Waals surface area (Å²) in [5.41, 5.74) is 0.359. The van der Waals surface area contributed by atoms with E-state index in [1.54, 1.807) is 12.1 Å². The van der Waals surface area contributed by atoms with Gasteiger partial charge in [0.05, 0.1) is 5.56 Å². The van der Waals surface area contributed by atoms with Crippen molar-refractivity contribution in [3.8, 4) is 0 Å². The van der Waals surface area contributed by atoms with E-state index in [9.17, 15) is 4.79 Å². The fourth-order valence-corrected chi connectivity index (χ4v) is 1.41. The van der Waals surface area contributed by atoms with Crippen molar-refractivity contribution >= 4 is 16.7 Å². The molecule has 0 atom stereocenters. The maximum absolute atomic E-state index is 10.8. The van der Waals surface area contributed by atoms with Crippen LogP contribution in [0.3, 0.4) is 0 Å². The van der Waals surface area contributed by atoms with Crippen LogP contribution in [0.5, 0.6) is 0 Å². The molecular weight excluding hydrogens is 220 g/mol. The second-order valence-electron chi connectivity index (χ2n) is 2.83. The van der Waals surface area contributed by atoms with E-state index in [-0.39, 0.29) is 17.1 Å². The molecule has 0 saturated heterocycles. The monoisotopic (exact) mass is 228 g/mol. The van der Waals surface area contributed by atoms with E-state index >= 15 is 0 Å². The van der Waals surface area contributed by atoms with Gasteiger partial charge in [0.15, 0.2) is 0 Å². The summed E-state index contributed by atoms with van der Waals surface area (Å²) in [6.45, 7) is 0. The van der Waals surface area contributed by atoms with Crippen LogP contribution >= 0.6 is 0 Å². The Morgan fingerprint density at radius 2 is 1.64 bits per heavy atom. The molecule has 2 nitrogen and oxygen atoms in total. The van der Waals surface area contributed by atoms with E-state index in [1.165, 1.54) is 0 Å². The van der Waals surface area contributed by atoms with Gasteiger partial charge in [0.2, 0.25) is 0 Å². The molecule has 0 bridgehead atoms. The molecule has 2 rings (SSSR count). The van der Waals surface area contributed by atoms with E-state index in [2.05, 4.69) is 0 Å². The Labute approximate surface area is 92.0 Å². The largest absolute Gasteiger partial charge is 0.478 e. The zero-order valence-corrected chi connectivity index (χ0v) is 8.35. The van der Waals surface area contributed by atoms with Crippen molar-refractivity contribution in [3.63, 3.8) is 0 Å². The SMILES string of the molecule is O=C(O)c1cccc2ccccc12.[Fe]. The summed E-state index contributed by atoms with van der Waals surface area (Å²) in [5.74, 6) is -0.878. The number of fused-ring (bicyclic) bond motifs is 1. The number of benzene rings is 2. The van der Waals surface area contributed by atoms with E-state index < -0.39 is 5.97 Å². The molecule has 0 unspecified atom stereocenters. The van der Waals surface area contributed by atoms with Crippen LogP contribution in [0.4, 0.5) is 0 Å². The number of aromatic carboxylic acids is 1. The molecule has 3 heteroatoms. The van der Waals surface area contributed by atoms with Gasteiger partial charge in [-0.3, -0.25) is 0 Å². The quantitative estimate of drug-likeness (QED) is 0.761. The maximum Gasteiger partial charge on any atom is 0.336 e. The first-order chi connectivity index (χ1) is 6.29. The molecule has 0 radical (unpaired) electrons. The van der Waals surface area contributed by atoms with Gasteiger partial charge in [0.25, 0.3) is 0 Å². The molecule has 14 heavy (non-hydrogen) atoms. The third kappa shape index (κ3) is 1.79. The number of hydrogen-bond acceptors (Lipinski definition) is 1. The molecule has 72 valence electrons. The summed E-state index contributed by atoms with van der Waals surface area (Å²) in [7, 11) is 0. The van der Waals surface area contributed by atoms with Crippen molar-refractivity contribution in [2.45, 2.75) is 0 Å². The summed E-state index contributed by atoms with van der Waals surface area (Å²) >= 11 is 0. The number of hydrogen-bond donors (Lipinski definition) is 1. The Morgan fingerprint density at radius 3 is 2.36 bits per heavy atom. The van der Waals surface area contributed by atoms with Crippen molar-refractivity contribution in [2.24, 2.45) is 0 Å². The molecule has 0 amide bonds. The van der Waals surface area contributed by atoms with E-state index in [0.29, 0.717) is 5.56 Å². The smallest absolute Gasteiger partial charge is 0.336 e. The van der Waals surface area contributed by atoms with Gasteiger partial charge in [-0.1, -0.05) is 36.4 Å². The topological polar surface area (TPSA) is 37.3 Å². The summed E-state index contributed by atoms with van der Waals surface area (Å²) in [4.78, 5) is 10.8. The molecule has 0 aliphatic carbocycles. The van der Waals surface area contributed by atoms with Crippen LogP contribution < -0.4 is 0 Å². The number of carbonyl (C=O) groups is 1. The Hall–Kier alpha value is -1.31.